The molecule has 0 aromatic heterocycles. The van der Waals surface area contributed by atoms with Crippen LogP contribution in [0.1, 0.15) is 39.5 Å². The molecule has 13 heteroatoms. The Hall–Kier alpha value is -3.22. The van der Waals surface area contributed by atoms with Gasteiger partial charge in [0.05, 0.1) is 13.0 Å². The van der Waals surface area contributed by atoms with Crippen LogP contribution < -0.4 is 27.4 Å². The molecule has 170 valence electrons. The van der Waals surface area contributed by atoms with E-state index in [2.05, 4.69) is 16.0 Å². The number of primary amides is 1. The van der Waals surface area contributed by atoms with Gasteiger partial charge in [0.1, 0.15) is 18.1 Å². The van der Waals surface area contributed by atoms with Crippen molar-refractivity contribution in [2.24, 2.45) is 17.4 Å². The van der Waals surface area contributed by atoms with Gasteiger partial charge in [-0.3, -0.25) is 24.0 Å². The maximum Gasteiger partial charge on any atom is 0.326 e. The van der Waals surface area contributed by atoms with Crippen LogP contribution in [0.25, 0.3) is 0 Å². The Bertz CT molecular complexity index is 669. The molecule has 0 rings (SSSR count). The van der Waals surface area contributed by atoms with Gasteiger partial charge < -0.3 is 37.6 Å². The molecule has 0 aliphatic carbocycles. The summed E-state index contributed by atoms with van der Waals surface area (Å²) in [5.74, 6) is -6.57. The molecular formula is C17H29N5O8. The molecule has 0 saturated carbocycles. The summed E-state index contributed by atoms with van der Waals surface area (Å²) in [6.07, 6.45) is -0.906. The molecule has 0 aromatic rings. The van der Waals surface area contributed by atoms with Gasteiger partial charge in [0.2, 0.25) is 23.6 Å². The van der Waals surface area contributed by atoms with E-state index in [9.17, 15) is 33.9 Å². The van der Waals surface area contributed by atoms with Gasteiger partial charge in [0.25, 0.3) is 0 Å². The van der Waals surface area contributed by atoms with E-state index < -0.39 is 72.6 Å². The second-order valence-corrected chi connectivity index (χ2v) is 6.70. The highest BCUT2D eigenvalue weighted by Crippen LogP contribution is 2.09. The third kappa shape index (κ3) is 9.82. The van der Waals surface area contributed by atoms with Crippen molar-refractivity contribution >= 4 is 35.6 Å². The number of amides is 4. The van der Waals surface area contributed by atoms with E-state index >= 15 is 0 Å². The van der Waals surface area contributed by atoms with Gasteiger partial charge in [-0.15, -0.1) is 0 Å². The molecule has 0 aromatic carbocycles. The number of aliphatic carboxylic acids is 2. The summed E-state index contributed by atoms with van der Waals surface area (Å²) in [6, 6.07) is -4.17. The van der Waals surface area contributed by atoms with Crippen molar-refractivity contribution in [1.82, 2.24) is 16.0 Å². The smallest absolute Gasteiger partial charge is 0.326 e. The molecule has 0 fully saturated rings. The summed E-state index contributed by atoms with van der Waals surface area (Å²) in [5, 5.41) is 24.9. The minimum atomic E-state index is -1.53. The topological polar surface area (TPSA) is 231 Å². The van der Waals surface area contributed by atoms with Gasteiger partial charge in [-0.2, -0.15) is 0 Å². The molecule has 0 heterocycles. The molecule has 0 radical (unpaired) electrons. The Labute approximate surface area is 172 Å². The molecule has 0 bridgehead atoms. The molecule has 30 heavy (non-hydrogen) atoms. The normalized spacial score (nSPS) is 14.5. The fraction of sp³-hybridized carbons (Fsp3) is 0.647. The van der Waals surface area contributed by atoms with Gasteiger partial charge in [-0.25, -0.2) is 4.79 Å². The van der Waals surface area contributed by atoms with Crippen molar-refractivity contribution in [2.45, 2.75) is 57.7 Å². The number of rotatable bonds is 14. The molecule has 0 aliphatic heterocycles. The Balaban J connectivity index is 5.51. The zero-order chi connectivity index (χ0) is 23.4. The maximum atomic E-state index is 12.6. The van der Waals surface area contributed by atoms with Crippen molar-refractivity contribution in [3.8, 4) is 0 Å². The summed E-state index contributed by atoms with van der Waals surface area (Å²) in [6.45, 7) is 2.85. The monoisotopic (exact) mass is 431 g/mol. The fourth-order valence-electron chi connectivity index (χ4n) is 2.40. The molecule has 4 unspecified atom stereocenters. The van der Waals surface area contributed by atoms with Crippen LogP contribution in [0.3, 0.4) is 0 Å². The van der Waals surface area contributed by atoms with Crippen LogP contribution in [0.5, 0.6) is 0 Å². The second-order valence-electron chi connectivity index (χ2n) is 6.70. The minimum absolute atomic E-state index is 0.260. The molecule has 9 N–H and O–H groups in total. The van der Waals surface area contributed by atoms with Crippen LogP contribution in [-0.4, -0.2) is 70.5 Å². The van der Waals surface area contributed by atoms with Crippen LogP contribution in [0.4, 0.5) is 0 Å². The van der Waals surface area contributed by atoms with Crippen molar-refractivity contribution in [1.29, 1.82) is 0 Å². The van der Waals surface area contributed by atoms with E-state index in [4.69, 9.17) is 16.6 Å². The Kier molecular flexibility index (Phi) is 11.7. The van der Waals surface area contributed by atoms with E-state index in [1.807, 2.05) is 0 Å². The lowest BCUT2D eigenvalue weighted by Gasteiger charge is -2.25. The quantitative estimate of drug-likeness (QED) is 0.151. The number of carboxylic acids is 2. The van der Waals surface area contributed by atoms with Gasteiger partial charge in [0, 0.05) is 6.42 Å². The molecule has 0 spiro atoms. The standard InChI is InChI=1S/C17H29N5O8/c1-3-8(2)14(17(29)30)22-15(27)9(4-5-11(19)23)21-16(28)10(6-13(25)26)20-12(24)7-18/h8-10,14H,3-7,18H2,1-2H3,(H2,19,23)(H,20,24)(H,21,28)(H,22,27)(H,25,26)(H,29,30). The summed E-state index contributed by atoms with van der Waals surface area (Å²) in [5.41, 5.74) is 10.2. The maximum absolute atomic E-state index is 12.6. The molecule has 0 saturated heterocycles. The number of nitrogens with one attached hydrogen (secondary N) is 3. The zero-order valence-electron chi connectivity index (χ0n) is 16.8. The number of nitrogens with two attached hydrogens (primary N) is 2. The predicted molar refractivity (Wildman–Crippen MR) is 103 cm³/mol. The largest absolute Gasteiger partial charge is 0.481 e. The lowest BCUT2D eigenvalue weighted by atomic mass is 9.98. The third-order valence-corrected chi connectivity index (χ3v) is 4.31. The molecule has 4 atom stereocenters. The second kappa shape index (κ2) is 13.1. The highest BCUT2D eigenvalue weighted by atomic mass is 16.4. The summed E-state index contributed by atoms with van der Waals surface area (Å²) < 4.78 is 0. The van der Waals surface area contributed by atoms with E-state index in [0.29, 0.717) is 6.42 Å². The molecular weight excluding hydrogens is 402 g/mol. The molecule has 0 aliphatic rings. The van der Waals surface area contributed by atoms with Gasteiger partial charge in [-0.05, 0) is 12.3 Å². The van der Waals surface area contributed by atoms with Gasteiger partial charge in [0.15, 0.2) is 0 Å². The number of carboxylic acid groups (broad SMARTS) is 2. The van der Waals surface area contributed by atoms with E-state index in [1.54, 1.807) is 13.8 Å². The SMILES string of the molecule is CCC(C)C(NC(=O)C(CCC(N)=O)NC(=O)C(CC(=O)O)NC(=O)CN)C(=O)O. The number of carbonyl (C=O) groups is 6. The number of hydrogen-bond donors (Lipinski definition) is 7. The minimum Gasteiger partial charge on any atom is -0.481 e. The Morgan fingerprint density at radius 1 is 0.933 bits per heavy atom. The third-order valence-electron chi connectivity index (χ3n) is 4.31. The molecule has 13 nitrogen and oxygen atoms in total. The van der Waals surface area contributed by atoms with E-state index in [1.165, 1.54) is 0 Å². The first-order valence-electron chi connectivity index (χ1n) is 9.25. The van der Waals surface area contributed by atoms with Crippen LogP contribution >= 0.6 is 0 Å². The first-order chi connectivity index (χ1) is 13.9. The van der Waals surface area contributed by atoms with Gasteiger partial charge >= 0.3 is 11.9 Å². The number of hydrogen-bond acceptors (Lipinski definition) is 7. The summed E-state index contributed by atoms with van der Waals surface area (Å²) in [7, 11) is 0. The van der Waals surface area contributed by atoms with Crippen LogP contribution in [0.15, 0.2) is 0 Å². The Morgan fingerprint density at radius 3 is 1.93 bits per heavy atom. The average molecular weight is 431 g/mol. The van der Waals surface area contributed by atoms with Crippen molar-refractivity contribution in [3.05, 3.63) is 0 Å². The first kappa shape index (κ1) is 26.8. The highest BCUT2D eigenvalue weighted by Gasteiger charge is 2.32. The van der Waals surface area contributed by atoms with E-state index in [0.717, 1.165) is 0 Å². The highest BCUT2D eigenvalue weighted by molar-refractivity contribution is 5.95. The van der Waals surface area contributed by atoms with Crippen LogP contribution in [0, 0.1) is 5.92 Å². The van der Waals surface area contributed by atoms with Crippen LogP contribution in [0.2, 0.25) is 0 Å². The van der Waals surface area contributed by atoms with Gasteiger partial charge in [-0.1, -0.05) is 20.3 Å². The lowest BCUT2D eigenvalue weighted by Crippen LogP contribution is -2.57. The fourth-order valence-corrected chi connectivity index (χ4v) is 2.40. The van der Waals surface area contributed by atoms with E-state index in [-0.39, 0.29) is 12.8 Å². The molecule has 4 amide bonds. The number of carbonyl (C=O) groups excluding carboxylic acids is 4. The predicted octanol–water partition coefficient (Wildman–Crippen LogP) is -2.73. The Morgan fingerprint density at radius 2 is 1.50 bits per heavy atom. The zero-order valence-corrected chi connectivity index (χ0v) is 16.8. The lowest BCUT2D eigenvalue weighted by molar-refractivity contribution is -0.144. The van der Waals surface area contributed by atoms with Crippen molar-refractivity contribution < 1.29 is 39.0 Å². The summed E-state index contributed by atoms with van der Waals surface area (Å²) in [4.78, 5) is 70.0. The van der Waals surface area contributed by atoms with Crippen LogP contribution in [-0.2, 0) is 28.8 Å². The van der Waals surface area contributed by atoms with Crippen molar-refractivity contribution in [3.63, 3.8) is 0 Å². The average Bonchev–Trinajstić information content (AvgIpc) is 2.66. The van der Waals surface area contributed by atoms with Crippen molar-refractivity contribution in [2.75, 3.05) is 6.54 Å². The summed E-state index contributed by atoms with van der Waals surface area (Å²) >= 11 is 0. The first-order valence-corrected chi connectivity index (χ1v) is 9.25.